The average molecular weight is 342 g/mol. The Morgan fingerprint density at radius 2 is 2.04 bits per heavy atom. The summed E-state index contributed by atoms with van der Waals surface area (Å²) in [4.78, 5) is 31.7. The summed E-state index contributed by atoms with van der Waals surface area (Å²) in [7, 11) is 3.69. The van der Waals surface area contributed by atoms with Gasteiger partial charge in [-0.2, -0.15) is 5.10 Å². The van der Waals surface area contributed by atoms with Crippen LogP contribution in [0.3, 0.4) is 0 Å². The minimum Gasteiger partial charge on any atom is -0.330 e. The number of aryl methyl sites for hydroxylation is 2. The van der Waals surface area contributed by atoms with Crippen molar-refractivity contribution in [3.63, 3.8) is 0 Å². The van der Waals surface area contributed by atoms with Gasteiger partial charge >= 0.3 is 0 Å². The van der Waals surface area contributed by atoms with Crippen molar-refractivity contribution in [3.8, 4) is 0 Å². The van der Waals surface area contributed by atoms with Gasteiger partial charge < -0.3 is 9.47 Å². The molecule has 2 aromatic heterocycles. The first kappa shape index (κ1) is 15.9. The van der Waals surface area contributed by atoms with E-state index in [2.05, 4.69) is 15.4 Å². The first-order chi connectivity index (χ1) is 12.1. The van der Waals surface area contributed by atoms with Crippen LogP contribution in [0.1, 0.15) is 37.4 Å². The van der Waals surface area contributed by atoms with Crippen molar-refractivity contribution in [1.82, 2.24) is 24.2 Å². The Labute approximate surface area is 145 Å². The number of nitrogens with zero attached hydrogens (tertiary/aromatic N) is 5. The molecule has 2 amide bonds. The molecular weight excluding hydrogens is 320 g/mol. The molecule has 1 saturated heterocycles. The van der Waals surface area contributed by atoms with Gasteiger partial charge in [-0.15, -0.1) is 0 Å². The standard InChI is InChI=1S/C17H22N6O2/c1-21-10-9-18-17(21)20-16(25)12-5-6-14(24)23(11-3-4-11)15(12)13-7-8-19-22(13)2/h7-12,15H,3-6H2,1-2H3,(H,18,20,25)/t12-,15-/m0/s1. The molecule has 0 spiro atoms. The molecule has 0 aromatic carbocycles. The second-order valence-electron chi connectivity index (χ2n) is 6.85. The minimum atomic E-state index is -0.314. The summed E-state index contributed by atoms with van der Waals surface area (Å²) < 4.78 is 3.53. The first-order valence-electron chi connectivity index (χ1n) is 8.63. The SMILES string of the molecule is Cn1ccnc1NC(=O)[C@H]1CCC(=O)N(C2CC2)[C@@H]1c1ccnn1C. The maximum Gasteiger partial charge on any atom is 0.232 e. The summed E-state index contributed by atoms with van der Waals surface area (Å²) in [6, 6.07) is 1.87. The van der Waals surface area contributed by atoms with Gasteiger partial charge in [-0.3, -0.25) is 19.6 Å². The topological polar surface area (TPSA) is 85.1 Å². The van der Waals surface area contributed by atoms with Crippen LogP contribution in [-0.2, 0) is 23.7 Å². The van der Waals surface area contributed by atoms with Gasteiger partial charge in [0.25, 0.3) is 0 Å². The third-order valence-corrected chi connectivity index (χ3v) is 5.13. The predicted molar refractivity (Wildman–Crippen MR) is 90.4 cm³/mol. The fourth-order valence-corrected chi connectivity index (χ4v) is 3.68. The van der Waals surface area contributed by atoms with Gasteiger partial charge in [0.1, 0.15) is 0 Å². The number of anilines is 1. The van der Waals surface area contributed by atoms with Crippen molar-refractivity contribution < 1.29 is 9.59 Å². The molecule has 0 bridgehead atoms. The van der Waals surface area contributed by atoms with Crippen molar-refractivity contribution in [3.05, 3.63) is 30.4 Å². The summed E-state index contributed by atoms with van der Waals surface area (Å²) >= 11 is 0. The Kier molecular flexibility index (Phi) is 3.82. The molecule has 2 fully saturated rings. The molecule has 2 aliphatic rings. The van der Waals surface area contributed by atoms with E-state index in [1.54, 1.807) is 27.8 Å². The highest BCUT2D eigenvalue weighted by Crippen LogP contribution is 2.43. The van der Waals surface area contributed by atoms with E-state index < -0.39 is 0 Å². The fourth-order valence-electron chi connectivity index (χ4n) is 3.68. The second kappa shape index (κ2) is 6.02. The largest absolute Gasteiger partial charge is 0.330 e. The molecule has 4 rings (SSSR count). The summed E-state index contributed by atoms with van der Waals surface area (Å²) in [5, 5.41) is 7.16. The number of aromatic nitrogens is 4. The number of imidazole rings is 1. The Balaban J connectivity index is 1.66. The number of hydrogen-bond acceptors (Lipinski definition) is 4. The van der Waals surface area contributed by atoms with Gasteiger partial charge in [0.05, 0.1) is 17.7 Å². The van der Waals surface area contributed by atoms with Crippen molar-refractivity contribution in [2.75, 3.05) is 5.32 Å². The molecular formula is C17H22N6O2. The normalized spacial score (nSPS) is 23.8. The molecule has 1 N–H and O–H groups in total. The van der Waals surface area contributed by atoms with Crippen LogP contribution < -0.4 is 5.32 Å². The highest BCUT2D eigenvalue weighted by molar-refractivity contribution is 5.93. The van der Waals surface area contributed by atoms with Crippen LogP contribution in [0, 0.1) is 5.92 Å². The van der Waals surface area contributed by atoms with Crippen molar-refractivity contribution in [2.45, 2.75) is 37.8 Å². The van der Waals surface area contributed by atoms with Gasteiger partial charge in [0, 0.05) is 45.1 Å². The van der Waals surface area contributed by atoms with Crippen LogP contribution in [0.4, 0.5) is 5.95 Å². The number of piperidine rings is 1. The van der Waals surface area contributed by atoms with E-state index in [4.69, 9.17) is 0 Å². The minimum absolute atomic E-state index is 0.0985. The lowest BCUT2D eigenvalue weighted by Crippen LogP contribution is -2.48. The van der Waals surface area contributed by atoms with Crippen LogP contribution in [0.15, 0.2) is 24.7 Å². The van der Waals surface area contributed by atoms with E-state index >= 15 is 0 Å². The third-order valence-electron chi connectivity index (χ3n) is 5.13. The predicted octanol–water partition coefficient (Wildman–Crippen LogP) is 1.23. The van der Waals surface area contributed by atoms with Gasteiger partial charge in [-0.05, 0) is 25.3 Å². The highest BCUT2D eigenvalue weighted by atomic mass is 16.2. The lowest BCUT2D eigenvalue weighted by Gasteiger charge is -2.40. The van der Waals surface area contributed by atoms with Gasteiger partial charge in [0.2, 0.25) is 17.8 Å². The highest BCUT2D eigenvalue weighted by Gasteiger charge is 2.47. The van der Waals surface area contributed by atoms with Crippen LogP contribution in [0.5, 0.6) is 0 Å². The molecule has 132 valence electrons. The average Bonchev–Trinajstić information content (AvgIpc) is 3.21. The smallest absolute Gasteiger partial charge is 0.232 e. The van der Waals surface area contributed by atoms with Gasteiger partial charge in [-0.1, -0.05) is 0 Å². The van der Waals surface area contributed by atoms with Crippen LogP contribution >= 0.6 is 0 Å². The monoisotopic (exact) mass is 342 g/mol. The lowest BCUT2D eigenvalue weighted by atomic mass is 9.85. The summed E-state index contributed by atoms with van der Waals surface area (Å²) in [6.07, 6.45) is 8.11. The summed E-state index contributed by atoms with van der Waals surface area (Å²) in [6.45, 7) is 0. The molecule has 8 heteroatoms. The quantitative estimate of drug-likeness (QED) is 0.906. The van der Waals surface area contributed by atoms with Crippen LogP contribution in [0.25, 0.3) is 0 Å². The van der Waals surface area contributed by atoms with Crippen molar-refractivity contribution >= 4 is 17.8 Å². The van der Waals surface area contributed by atoms with E-state index in [-0.39, 0.29) is 29.8 Å². The summed E-state index contributed by atoms with van der Waals surface area (Å²) in [5.74, 6) is 0.238. The van der Waals surface area contributed by atoms with E-state index in [0.717, 1.165) is 18.5 Å². The molecule has 3 heterocycles. The number of likely N-dealkylation sites (tertiary alicyclic amines) is 1. The Bertz CT molecular complexity index is 806. The molecule has 1 saturated carbocycles. The number of nitrogens with one attached hydrogen (secondary N) is 1. The third kappa shape index (κ3) is 2.81. The molecule has 8 nitrogen and oxygen atoms in total. The molecule has 1 aliphatic carbocycles. The number of carbonyl (C=O) groups excluding carboxylic acids is 2. The molecule has 0 unspecified atom stereocenters. The zero-order valence-corrected chi connectivity index (χ0v) is 14.4. The van der Waals surface area contributed by atoms with Crippen LogP contribution in [0.2, 0.25) is 0 Å². The maximum absolute atomic E-state index is 13.0. The van der Waals surface area contributed by atoms with Crippen LogP contribution in [-0.4, -0.2) is 42.1 Å². The zero-order valence-electron chi connectivity index (χ0n) is 14.4. The Hall–Kier alpha value is -2.64. The molecule has 1 aliphatic heterocycles. The van der Waals surface area contributed by atoms with E-state index in [0.29, 0.717) is 18.8 Å². The van der Waals surface area contributed by atoms with Gasteiger partial charge in [0.15, 0.2) is 0 Å². The van der Waals surface area contributed by atoms with Crippen molar-refractivity contribution in [1.29, 1.82) is 0 Å². The Morgan fingerprint density at radius 1 is 1.24 bits per heavy atom. The second-order valence-corrected chi connectivity index (χ2v) is 6.85. The molecule has 0 radical (unpaired) electrons. The first-order valence-corrected chi connectivity index (χ1v) is 8.63. The molecule has 2 atom stereocenters. The number of amides is 2. The zero-order chi connectivity index (χ0) is 17.6. The number of rotatable bonds is 4. The summed E-state index contributed by atoms with van der Waals surface area (Å²) in [5.41, 5.74) is 0.903. The van der Waals surface area contributed by atoms with E-state index in [1.807, 2.05) is 25.1 Å². The van der Waals surface area contributed by atoms with E-state index in [9.17, 15) is 9.59 Å². The molecule has 2 aromatic rings. The number of hydrogen-bond donors (Lipinski definition) is 1. The lowest BCUT2D eigenvalue weighted by molar-refractivity contribution is -0.143. The van der Waals surface area contributed by atoms with Gasteiger partial charge in [-0.25, -0.2) is 4.98 Å². The number of carbonyl (C=O) groups is 2. The maximum atomic E-state index is 13.0. The Morgan fingerprint density at radius 3 is 2.64 bits per heavy atom. The van der Waals surface area contributed by atoms with Crippen molar-refractivity contribution in [2.24, 2.45) is 20.0 Å². The molecule has 25 heavy (non-hydrogen) atoms. The van der Waals surface area contributed by atoms with E-state index in [1.165, 1.54) is 0 Å². The fraction of sp³-hybridized carbons (Fsp3) is 0.529.